The zero-order valence-corrected chi connectivity index (χ0v) is 12.3. The summed E-state index contributed by atoms with van der Waals surface area (Å²) in [6.07, 6.45) is 0. The molecule has 2 rings (SSSR count). The van der Waals surface area contributed by atoms with Crippen molar-refractivity contribution >= 4 is 34.2 Å². The molecule has 0 radical (unpaired) electrons. The molecule has 0 saturated heterocycles. The van der Waals surface area contributed by atoms with Gasteiger partial charge < -0.3 is 10.1 Å². The van der Waals surface area contributed by atoms with Gasteiger partial charge in [-0.15, -0.1) is 0 Å². The topological polar surface area (TPSA) is 38.3 Å². The molecule has 1 amide bonds. The van der Waals surface area contributed by atoms with Crippen molar-refractivity contribution in [3.8, 4) is 5.75 Å². The van der Waals surface area contributed by atoms with Gasteiger partial charge in [-0.05, 0) is 59.0 Å². The number of amides is 1. The maximum absolute atomic E-state index is 12.0. The number of halogens is 3. The molecule has 2 aromatic rings. The molecule has 1 N–H and O–H groups in total. The van der Waals surface area contributed by atoms with Gasteiger partial charge in [-0.25, -0.2) is 0 Å². The van der Waals surface area contributed by atoms with Gasteiger partial charge in [-0.3, -0.25) is 4.79 Å². The molecule has 104 valence electrons. The Morgan fingerprint density at radius 3 is 2.35 bits per heavy atom. The molecule has 0 spiro atoms. The van der Waals surface area contributed by atoms with Crippen LogP contribution >= 0.6 is 22.6 Å². The van der Waals surface area contributed by atoms with E-state index in [-0.39, 0.29) is 11.7 Å². The minimum Gasteiger partial charge on any atom is -0.435 e. The van der Waals surface area contributed by atoms with E-state index < -0.39 is 6.61 Å². The van der Waals surface area contributed by atoms with Crippen molar-refractivity contribution < 1.29 is 18.3 Å². The van der Waals surface area contributed by atoms with Crippen LogP contribution in [0.1, 0.15) is 10.4 Å². The van der Waals surface area contributed by atoms with Crippen LogP contribution in [0.2, 0.25) is 0 Å². The number of ether oxygens (including phenoxy) is 1. The van der Waals surface area contributed by atoms with Crippen LogP contribution in [0.25, 0.3) is 0 Å². The third kappa shape index (κ3) is 3.89. The van der Waals surface area contributed by atoms with Crippen molar-refractivity contribution in [1.29, 1.82) is 0 Å². The van der Waals surface area contributed by atoms with Crippen LogP contribution in [0.15, 0.2) is 48.5 Å². The second-order valence-electron chi connectivity index (χ2n) is 3.84. The van der Waals surface area contributed by atoms with Crippen molar-refractivity contribution in [1.82, 2.24) is 0 Å². The van der Waals surface area contributed by atoms with E-state index in [4.69, 9.17) is 0 Å². The maximum atomic E-state index is 12.0. The zero-order chi connectivity index (χ0) is 14.5. The van der Waals surface area contributed by atoms with Crippen molar-refractivity contribution in [2.45, 2.75) is 6.61 Å². The number of alkyl halides is 2. The lowest BCUT2D eigenvalue weighted by molar-refractivity contribution is -0.0498. The third-order valence-corrected chi connectivity index (χ3v) is 3.40. The van der Waals surface area contributed by atoms with E-state index in [1.807, 2.05) is 12.1 Å². The van der Waals surface area contributed by atoms with Crippen LogP contribution in [-0.4, -0.2) is 12.5 Å². The highest BCUT2D eigenvalue weighted by Crippen LogP contribution is 2.19. The Bertz CT molecular complexity index is 602. The second-order valence-corrected chi connectivity index (χ2v) is 5.00. The first-order valence-electron chi connectivity index (χ1n) is 5.67. The van der Waals surface area contributed by atoms with Gasteiger partial charge in [0.05, 0.1) is 5.56 Å². The molecule has 0 aromatic heterocycles. The Balaban J connectivity index is 2.07. The SMILES string of the molecule is O=C(Nc1ccc(OC(F)F)cc1)c1ccccc1I. The molecule has 6 heteroatoms. The molecule has 0 atom stereocenters. The van der Waals surface area contributed by atoms with Gasteiger partial charge in [0.1, 0.15) is 5.75 Å². The van der Waals surface area contributed by atoms with Crippen molar-refractivity contribution in [2.24, 2.45) is 0 Å². The summed E-state index contributed by atoms with van der Waals surface area (Å²) in [6.45, 7) is -2.86. The lowest BCUT2D eigenvalue weighted by Crippen LogP contribution is -2.13. The Kier molecular flexibility index (Phi) is 4.89. The average molecular weight is 389 g/mol. The van der Waals surface area contributed by atoms with E-state index in [0.717, 1.165) is 3.57 Å². The predicted octanol–water partition coefficient (Wildman–Crippen LogP) is 4.14. The van der Waals surface area contributed by atoms with Gasteiger partial charge in [0.2, 0.25) is 0 Å². The molecule has 0 fully saturated rings. The molecule has 3 nitrogen and oxygen atoms in total. The summed E-state index contributed by atoms with van der Waals surface area (Å²) in [7, 11) is 0. The number of carbonyl (C=O) groups excluding carboxylic acids is 1. The van der Waals surface area contributed by atoms with E-state index >= 15 is 0 Å². The molecule has 0 aliphatic heterocycles. The minimum atomic E-state index is -2.86. The molecule has 0 saturated carbocycles. The molecule has 2 aromatic carbocycles. The lowest BCUT2D eigenvalue weighted by Gasteiger charge is -2.08. The van der Waals surface area contributed by atoms with Crippen molar-refractivity contribution in [3.05, 3.63) is 57.7 Å². The fraction of sp³-hybridized carbons (Fsp3) is 0.0714. The summed E-state index contributed by atoms with van der Waals surface area (Å²) >= 11 is 2.07. The third-order valence-electron chi connectivity index (χ3n) is 2.46. The molecule has 0 heterocycles. The zero-order valence-electron chi connectivity index (χ0n) is 10.1. The van der Waals surface area contributed by atoms with Gasteiger partial charge in [0.25, 0.3) is 5.91 Å². The first-order chi connectivity index (χ1) is 9.56. The number of rotatable bonds is 4. The Hall–Kier alpha value is -1.70. The largest absolute Gasteiger partial charge is 0.435 e. The fourth-order valence-electron chi connectivity index (χ4n) is 1.56. The number of carbonyl (C=O) groups is 1. The molecule has 0 unspecified atom stereocenters. The summed E-state index contributed by atoms with van der Waals surface area (Å²) in [6, 6.07) is 12.9. The van der Waals surface area contributed by atoms with E-state index in [1.54, 1.807) is 12.1 Å². The molecular formula is C14H10F2INO2. The quantitative estimate of drug-likeness (QED) is 0.799. The maximum Gasteiger partial charge on any atom is 0.387 e. The van der Waals surface area contributed by atoms with Crippen LogP contribution in [0, 0.1) is 3.57 Å². The summed E-state index contributed by atoms with van der Waals surface area (Å²) < 4.78 is 29.1. The van der Waals surface area contributed by atoms with E-state index in [2.05, 4.69) is 32.6 Å². The summed E-state index contributed by atoms with van der Waals surface area (Å²) in [5.74, 6) is -0.204. The summed E-state index contributed by atoms with van der Waals surface area (Å²) in [4.78, 5) is 12.0. The van der Waals surface area contributed by atoms with Crippen LogP contribution in [-0.2, 0) is 0 Å². The Morgan fingerprint density at radius 1 is 1.10 bits per heavy atom. The van der Waals surface area contributed by atoms with Crippen molar-refractivity contribution in [2.75, 3.05) is 5.32 Å². The van der Waals surface area contributed by atoms with Crippen molar-refractivity contribution in [3.63, 3.8) is 0 Å². The predicted molar refractivity (Wildman–Crippen MR) is 80.2 cm³/mol. The number of benzene rings is 2. The minimum absolute atomic E-state index is 0.0484. The highest BCUT2D eigenvalue weighted by molar-refractivity contribution is 14.1. The molecular weight excluding hydrogens is 379 g/mol. The van der Waals surface area contributed by atoms with Gasteiger partial charge in [-0.2, -0.15) is 8.78 Å². The lowest BCUT2D eigenvalue weighted by atomic mass is 10.2. The standard InChI is InChI=1S/C14H10F2INO2/c15-14(16)20-10-7-5-9(6-8-10)18-13(19)11-3-1-2-4-12(11)17/h1-8,14H,(H,18,19). The molecule has 0 aliphatic carbocycles. The van der Waals surface area contributed by atoms with Crippen LogP contribution < -0.4 is 10.1 Å². The number of anilines is 1. The van der Waals surface area contributed by atoms with Gasteiger partial charge in [0.15, 0.2) is 0 Å². The van der Waals surface area contributed by atoms with Gasteiger partial charge in [-0.1, -0.05) is 12.1 Å². The second kappa shape index (κ2) is 6.65. The number of nitrogens with one attached hydrogen (secondary N) is 1. The molecule has 20 heavy (non-hydrogen) atoms. The normalized spacial score (nSPS) is 10.4. The smallest absolute Gasteiger partial charge is 0.387 e. The highest BCUT2D eigenvalue weighted by Gasteiger charge is 2.09. The van der Waals surface area contributed by atoms with Crippen LogP contribution in [0.3, 0.4) is 0 Å². The van der Waals surface area contributed by atoms with E-state index in [1.165, 1.54) is 24.3 Å². The first kappa shape index (κ1) is 14.7. The highest BCUT2D eigenvalue weighted by atomic mass is 127. The van der Waals surface area contributed by atoms with Gasteiger partial charge in [0, 0.05) is 9.26 Å². The fourth-order valence-corrected chi connectivity index (χ4v) is 2.20. The van der Waals surface area contributed by atoms with Crippen LogP contribution in [0.5, 0.6) is 5.75 Å². The Labute approximate surface area is 128 Å². The van der Waals surface area contributed by atoms with Crippen LogP contribution in [0.4, 0.5) is 14.5 Å². The van der Waals surface area contributed by atoms with E-state index in [9.17, 15) is 13.6 Å². The number of hydrogen-bond acceptors (Lipinski definition) is 2. The van der Waals surface area contributed by atoms with Gasteiger partial charge >= 0.3 is 6.61 Å². The summed E-state index contributed by atoms with van der Waals surface area (Å²) in [5.41, 5.74) is 1.07. The van der Waals surface area contributed by atoms with E-state index in [0.29, 0.717) is 11.3 Å². The average Bonchev–Trinajstić information content (AvgIpc) is 2.41. The molecule has 0 bridgehead atoms. The Morgan fingerprint density at radius 2 is 1.75 bits per heavy atom. The summed E-state index contributed by atoms with van der Waals surface area (Å²) in [5, 5.41) is 2.69. The number of hydrogen-bond donors (Lipinski definition) is 1. The monoisotopic (exact) mass is 389 g/mol. The molecule has 0 aliphatic rings. The first-order valence-corrected chi connectivity index (χ1v) is 6.75.